The van der Waals surface area contributed by atoms with Crippen molar-refractivity contribution < 1.29 is 19.4 Å². The number of rotatable bonds is 12. The number of aliphatic hydroxyl groups is 1. The number of benzene rings is 1. The topological polar surface area (TPSA) is 71.0 Å². The maximum Gasteiger partial charge on any atom is 0.308 e. The van der Waals surface area contributed by atoms with Gasteiger partial charge in [-0.1, -0.05) is 12.1 Å². The molecule has 1 unspecified atom stereocenters. The average molecular weight is 411 g/mol. The number of ether oxygens (including phenoxy) is 2. The Balaban J connectivity index is 1.66. The molecule has 158 valence electrons. The lowest BCUT2D eigenvalue weighted by atomic mass is 9.97. The summed E-state index contributed by atoms with van der Waals surface area (Å²) in [5, 5.41) is 13.7. The number of methoxy groups -OCH3 is 1. The van der Waals surface area contributed by atoms with Crippen molar-refractivity contribution in [3.8, 4) is 5.75 Å². The first-order valence-electron chi connectivity index (χ1n) is 10.0. The van der Waals surface area contributed by atoms with Gasteiger partial charge in [-0.05, 0) is 68.6 Å². The molecule has 1 fully saturated rings. The second-order valence-electron chi connectivity index (χ2n) is 7.23. The van der Waals surface area contributed by atoms with E-state index in [1.807, 2.05) is 30.0 Å². The molecule has 1 saturated heterocycles. The van der Waals surface area contributed by atoms with Gasteiger partial charge >= 0.3 is 5.97 Å². The number of esters is 1. The van der Waals surface area contributed by atoms with Crippen LogP contribution in [0.25, 0.3) is 0 Å². The van der Waals surface area contributed by atoms with Crippen molar-refractivity contribution in [3.05, 3.63) is 29.8 Å². The number of nitrogens with zero attached hydrogens (tertiary/aromatic N) is 1. The van der Waals surface area contributed by atoms with Crippen molar-refractivity contribution in [1.82, 2.24) is 10.2 Å². The van der Waals surface area contributed by atoms with E-state index >= 15 is 0 Å². The number of nitrogens with one attached hydrogen (secondary N) is 1. The van der Waals surface area contributed by atoms with Crippen molar-refractivity contribution >= 4 is 17.7 Å². The molecule has 0 radical (unpaired) electrons. The molecular weight excluding hydrogens is 376 g/mol. The van der Waals surface area contributed by atoms with E-state index in [4.69, 9.17) is 9.47 Å². The van der Waals surface area contributed by atoms with Crippen LogP contribution in [0, 0.1) is 5.92 Å². The molecule has 7 heteroatoms. The van der Waals surface area contributed by atoms with Gasteiger partial charge in [0.25, 0.3) is 0 Å². The summed E-state index contributed by atoms with van der Waals surface area (Å²) in [5.74, 6) is 1.83. The van der Waals surface area contributed by atoms with E-state index in [2.05, 4.69) is 22.5 Å². The zero-order chi connectivity index (χ0) is 20.2. The first kappa shape index (κ1) is 23.0. The maximum absolute atomic E-state index is 11.6. The minimum Gasteiger partial charge on any atom is -0.491 e. The quantitative estimate of drug-likeness (QED) is 0.404. The summed E-state index contributed by atoms with van der Waals surface area (Å²) in [6.07, 6.45) is 4.31. The van der Waals surface area contributed by atoms with Gasteiger partial charge in [0.05, 0.1) is 13.0 Å². The molecule has 2 rings (SSSR count). The van der Waals surface area contributed by atoms with Crippen LogP contribution < -0.4 is 10.1 Å². The molecule has 2 N–H and O–H groups in total. The van der Waals surface area contributed by atoms with E-state index in [9.17, 15) is 9.90 Å². The van der Waals surface area contributed by atoms with Crippen LogP contribution in [0.3, 0.4) is 0 Å². The molecular formula is C21H34N2O4S. The van der Waals surface area contributed by atoms with E-state index in [0.29, 0.717) is 6.54 Å². The van der Waals surface area contributed by atoms with Crippen LogP contribution in [0.1, 0.15) is 24.8 Å². The molecule has 0 spiro atoms. The molecule has 0 bridgehead atoms. The van der Waals surface area contributed by atoms with Gasteiger partial charge in [-0.3, -0.25) is 4.79 Å². The fraction of sp³-hybridized carbons (Fsp3) is 0.667. The molecule has 1 heterocycles. The van der Waals surface area contributed by atoms with Crippen LogP contribution in [0.4, 0.5) is 0 Å². The van der Waals surface area contributed by atoms with E-state index < -0.39 is 6.10 Å². The van der Waals surface area contributed by atoms with Gasteiger partial charge in [-0.25, -0.2) is 0 Å². The predicted molar refractivity (Wildman–Crippen MR) is 114 cm³/mol. The second-order valence-corrected chi connectivity index (χ2v) is 8.22. The van der Waals surface area contributed by atoms with Crippen molar-refractivity contribution in [2.75, 3.05) is 51.9 Å². The Hall–Kier alpha value is -1.28. The highest BCUT2D eigenvalue weighted by Crippen LogP contribution is 2.19. The Labute approximate surface area is 173 Å². The van der Waals surface area contributed by atoms with Gasteiger partial charge in [0, 0.05) is 13.1 Å². The standard InChI is InChI=1S/C21H34N2O4S/c1-26-21(25)18-7-10-23(11-8-18)15-19(24)16-27-20-6-3-5-17(13-20)14-22-9-4-12-28-2/h3,5-6,13,18-19,22,24H,4,7-12,14-16H2,1-2H3. The van der Waals surface area contributed by atoms with Crippen LogP contribution in [0.5, 0.6) is 5.75 Å². The number of likely N-dealkylation sites (tertiary alicyclic amines) is 1. The highest BCUT2D eigenvalue weighted by atomic mass is 32.2. The van der Waals surface area contributed by atoms with E-state index in [1.54, 1.807) is 0 Å². The molecule has 1 atom stereocenters. The fourth-order valence-electron chi connectivity index (χ4n) is 3.38. The normalized spacial score (nSPS) is 16.7. The van der Waals surface area contributed by atoms with Crippen molar-refractivity contribution in [1.29, 1.82) is 0 Å². The highest BCUT2D eigenvalue weighted by molar-refractivity contribution is 7.98. The summed E-state index contributed by atoms with van der Waals surface area (Å²) >= 11 is 1.87. The largest absolute Gasteiger partial charge is 0.491 e. The smallest absolute Gasteiger partial charge is 0.308 e. The third kappa shape index (κ3) is 8.39. The molecule has 0 aromatic heterocycles. The van der Waals surface area contributed by atoms with Crippen molar-refractivity contribution in [2.45, 2.75) is 31.9 Å². The van der Waals surface area contributed by atoms with Gasteiger partial charge in [-0.2, -0.15) is 11.8 Å². The summed E-state index contributed by atoms with van der Waals surface area (Å²) in [5.41, 5.74) is 1.18. The fourth-order valence-corrected chi connectivity index (χ4v) is 3.81. The van der Waals surface area contributed by atoms with Crippen LogP contribution >= 0.6 is 11.8 Å². The van der Waals surface area contributed by atoms with E-state index in [-0.39, 0.29) is 18.5 Å². The minimum absolute atomic E-state index is 0.00767. The summed E-state index contributed by atoms with van der Waals surface area (Å²) in [4.78, 5) is 13.8. The zero-order valence-electron chi connectivity index (χ0n) is 17.1. The zero-order valence-corrected chi connectivity index (χ0v) is 17.9. The van der Waals surface area contributed by atoms with Gasteiger partial charge in [0.1, 0.15) is 18.5 Å². The van der Waals surface area contributed by atoms with Crippen molar-refractivity contribution in [3.63, 3.8) is 0 Å². The maximum atomic E-state index is 11.6. The Kier molecular flexibility index (Phi) is 10.7. The van der Waals surface area contributed by atoms with Gasteiger partial charge in [-0.15, -0.1) is 0 Å². The Morgan fingerprint density at radius 1 is 1.39 bits per heavy atom. The molecule has 1 aromatic carbocycles. The molecule has 1 aliphatic heterocycles. The lowest BCUT2D eigenvalue weighted by molar-refractivity contribution is -0.147. The van der Waals surface area contributed by atoms with Gasteiger partial charge < -0.3 is 24.8 Å². The number of carbonyl (C=O) groups is 1. The summed E-state index contributed by atoms with van der Waals surface area (Å²) in [7, 11) is 1.44. The Morgan fingerprint density at radius 3 is 2.89 bits per heavy atom. The SMILES string of the molecule is COC(=O)C1CCN(CC(O)COc2cccc(CNCCCSC)c2)CC1. The number of aliphatic hydroxyl groups excluding tert-OH is 1. The third-order valence-electron chi connectivity index (χ3n) is 4.96. The van der Waals surface area contributed by atoms with Crippen LogP contribution in [-0.4, -0.2) is 74.0 Å². The average Bonchev–Trinajstić information content (AvgIpc) is 2.72. The van der Waals surface area contributed by atoms with E-state index in [0.717, 1.165) is 44.8 Å². The molecule has 6 nitrogen and oxygen atoms in total. The Morgan fingerprint density at radius 2 is 2.18 bits per heavy atom. The number of β-amino-alcohol motifs (C(OH)–C–C–N with tert-alkyl or cyclic N) is 1. The van der Waals surface area contributed by atoms with Crippen LogP contribution in [0.15, 0.2) is 24.3 Å². The molecule has 28 heavy (non-hydrogen) atoms. The lowest BCUT2D eigenvalue weighted by Crippen LogP contribution is -2.42. The summed E-state index contributed by atoms with van der Waals surface area (Å²) in [6.45, 7) is 4.26. The van der Waals surface area contributed by atoms with Crippen LogP contribution in [-0.2, 0) is 16.1 Å². The highest BCUT2D eigenvalue weighted by Gasteiger charge is 2.26. The Bertz CT molecular complexity index is 579. The number of hydrogen-bond donors (Lipinski definition) is 2. The second kappa shape index (κ2) is 13.0. The van der Waals surface area contributed by atoms with E-state index in [1.165, 1.54) is 24.8 Å². The summed E-state index contributed by atoms with van der Waals surface area (Å²) < 4.78 is 10.6. The number of piperidine rings is 1. The van der Waals surface area contributed by atoms with Crippen molar-refractivity contribution in [2.24, 2.45) is 5.92 Å². The molecule has 0 amide bonds. The number of thioether (sulfide) groups is 1. The minimum atomic E-state index is -0.553. The first-order chi connectivity index (χ1) is 13.6. The predicted octanol–water partition coefficient (Wildman–Crippen LogP) is 2.15. The van der Waals surface area contributed by atoms with Gasteiger partial charge in [0.2, 0.25) is 0 Å². The summed E-state index contributed by atoms with van der Waals surface area (Å²) in [6, 6.07) is 8.01. The third-order valence-corrected chi connectivity index (χ3v) is 5.66. The molecule has 0 aliphatic carbocycles. The van der Waals surface area contributed by atoms with Crippen LogP contribution in [0.2, 0.25) is 0 Å². The number of hydrogen-bond acceptors (Lipinski definition) is 7. The molecule has 1 aromatic rings. The number of carbonyl (C=O) groups excluding carboxylic acids is 1. The lowest BCUT2D eigenvalue weighted by Gasteiger charge is -2.31. The molecule has 1 aliphatic rings. The first-order valence-corrected chi connectivity index (χ1v) is 11.4. The van der Waals surface area contributed by atoms with Gasteiger partial charge in [0.15, 0.2) is 0 Å². The molecule has 0 saturated carbocycles. The monoisotopic (exact) mass is 410 g/mol.